The highest BCUT2D eigenvalue weighted by Crippen LogP contribution is 2.30. The van der Waals surface area contributed by atoms with Gasteiger partial charge in [-0.2, -0.15) is 5.10 Å². The number of fused-ring (bicyclic) bond motifs is 1. The van der Waals surface area contributed by atoms with Gasteiger partial charge in [-0.25, -0.2) is 19.3 Å². The fourth-order valence-corrected chi connectivity index (χ4v) is 4.46. The second-order valence-electron chi connectivity index (χ2n) is 7.42. The van der Waals surface area contributed by atoms with Gasteiger partial charge in [-0.3, -0.25) is 0 Å². The molecule has 0 bridgehead atoms. The molecule has 1 aliphatic heterocycles. The van der Waals surface area contributed by atoms with Crippen LogP contribution in [0.15, 0.2) is 48.9 Å². The number of carboxylic acid groups (broad SMARTS) is 1. The fraction of sp³-hybridized carbons (Fsp3) is 0.238. The Morgan fingerprint density at radius 3 is 2.55 bits per heavy atom. The summed E-state index contributed by atoms with van der Waals surface area (Å²) in [6.45, 7) is 4.19. The molecule has 0 amide bonds. The molecule has 0 spiro atoms. The molecule has 31 heavy (non-hydrogen) atoms. The number of thiophene rings is 1. The van der Waals surface area contributed by atoms with Crippen LogP contribution in [0.1, 0.15) is 9.67 Å². The average molecular weight is 436 g/mol. The summed E-state index contributed by atoms with van der Waals surface area (Å²) in [6, 6.07) is 11.6. The zero-order valence-electron chi connectivity index (χ0n) is 16.9. The third-order valence-electron chi connectivity index (χ3n) is 5.37. The molecule has 1 aromatic carbocycles. The number of hydrogen-bond donors (Lipinski definition) is 2. The van der Waals surface area contributed by atoms with Crippen molar-refractivity contribution in [3.05, 3.63) is 53.8 Å². The van der Waals surface area contributed by atoms with Gasteiger partial charge < -0.3 is 20.2 Å². The molecule has 0 saturated carbocycles. The van der Waals surface area contributed by atoms with Crippen molar-refractivity contribution in [3.8, 4) is 10.6 Å². The van der Waals surface area contributed by atoms with Crippen molar-refractivity contribution in [3.63, 3.8) is 0 Å². The fourth-order valence-electron chi connectivity index (χ4n) is 3.62. The molecule has 5 rings (SSSR count). The van der Waals surface area contributed by atoms with E-state index in [1.165, 1.54) is 23.4 Å². The largest absolute Gasteiger partial charge is 0.477 e. The molecule has 1 fully saturated rings. The lowest BCUT2D eigenvalue weighted by molar-refractivity contribution is 0.0702. The maximum absolute atomic E-state index is 11.2. The van der Waals surface area contributed by atoms with Crippen LogP contribution in [0.2, 0.25) is 0 Å². The second-order valence-corrected chi connectivity index (χ2v) is 8.50. The van der Waals surface area contributed by atoms with Crippen molar-refractivity contribution in [2.75, 3.05) is 43.4 Å². The smallest absolute Gasteiger partial charge is 0.345 e. The second kappa shape index (κ2) is 7.97. The van der Waals surface area contributed by atoms with Crippen molar-refractivity contribution < 1.29 is 9.90 Å². The maximum atomic E-state index is 11.2. The van der Waals surface area contributed by atoms with Gasteiger partial charge in [-0.15, -0.1) is 11.3 Å². The van der Waals surface area contributed by atoms with E-state index in [-0.39, 0.29) is 4.88 Å². The lowest BCUT2D eigenvalue weighted by Crippen LogP contribution is -2.44. The Labute approximate surface area is 182 Å². The molecule has 1 aliphatic rings. The number of nitrogens with zero attached hydrogens (tertiary/aromatic N) is 6. The Bertz CT molecular complexity index is 1230. The van der Waals surface area contributed by atoms with Crippen molar-refractivity contribution in [1.82, 2.24) is 24.5 Å². The summed E-state index contributed by atoms with van der Waals surface area (Å²) in [5.41, 5.74) is 3.39. The van der Waals surface area contributed by atoms with E-state index in [0.29, 0.717) is 17.2 Å². The van der Waals surface area contributed by atoms with Gasteiger partial charge in [0.2, 0.25) is 0 Å². The Morgan fingerprint density at radius 2 is 1.84 bits per heavy atom. The number of aromatic nitrogens is 4. The number of rotatable bonds is 5. The van der Waals surface area contributed by atoms with Crippen LogP contribution in [0.3, 0.4) is 0 Å². The van der Waals surface area contributed by atoms with Gasteiger partial charge in [-0.1, -0.05) is 0 Å². The van der Waals surface area contributed by atoms with Crippen LogP contribution in [0.5, 0.6) is 0 Å². The Balaban J connectivity index is 1.39. The van der Waals surface area contributed by atoms with Crippen LogP contribution < -0.4 is 10.2 Å². The van der Waals surface area contributed by atoms with Crippen LogP contribution in [-0.4, -0.2) is 68.8 Å². The van der Waals surface area contributed by atoms with Crippen molar-refractivity contribution in [1.29, 1.82) is 0 Å². The summed E-state index contributed by atoms with van der Waals surface area (Å²) in [6.07, 6.45) is 3.15. The van der Waals surface area contributed by atoms with E-state index >= 15 is 0 Å². The number of piperazine rings is 1. The van der Waals surface area contributed by atoms with E-state index in [0.717, 1.165) is 36.7 Å². The highest BCUT2D eigenvalue weighted by Gasteiger charge is 2.16. The van der Waals surface area contributed by atoms with Crippen molar-refractivity contribution in [2.24, 2.45) is 0 Å². The van der Waals surface area contributed by atoms with Crippen molar-refractivity contribution >= 4 is 40.1 Å². The minimum atomic E-state index is -0.947. The Kier molecular flexibility index (Phi) is 5.00. The van der Waals surface area contributed by atoms with E-state index in [9.17, 15) is 9.90 Å². The standard InChI is InChI=1S/C21H21N7O2S/c1-26-8-10-27(11-9-26)15-4-2-14(3-5-15)25-19-20-23-13-24-28(20)16(12-22-19)17-6-7-18(31-17)21(29)30/h2-7,12-13H,8-11H2,1H3,(H,22,25)(H,29,30). The number of nitrogens with one attached hydrogen (secondary N) is 1. The van der Waals surface area contributed by atoms with Gasteiger partial charge in [0.05, 0.1) is 11.1 Å². The predicted octanol–water partition coefficient (Wildman–Crippen LogP) is 3.05. The van der Waals surface area contributed by atoms with E-state index in [1.807, 2.05) is 12.1 Å². The first-order valence-electron chi connectivity index (χ1n) is 9.91. The molecule has 0 aliphatic carbocycles. The number of hydrogen-bond acceptors (Lipinski definition) is 8. The average Bonchev–Trinajstić information content (AvgIpc) is 3.46. The van der Waals surface area contributed by atoms with Crippen LogP contribution in [0, 0.1) is 0 Å². The summed E-state index contributed by atoms with van der Waals surface area (Å²) >= 11 is 1.18. The molecule has 0 radical (unpaired) electrons. The number of carboxylic acids is 1. The van der Waals surface area contributed by atoms with E-state index < -0.39 is 5.97 Å². The molecule has 158 valence electrons. The number of aromatic carboxylic acids is 1. The monoisotopic (exact) mass is 435 g/mol. The highest BCUT2D eigenvalue weighted by molar-refractivity contribution is 7.17. The first kappa shape index (κ1) is 19.5. The lowest BCUT2D eigenvalue weighted by atomic mass is 10.2. The highest BCUT2D eigenvalue weighted by atomic mass is 32.1. The Morgan fingerprint density at radius 1 is 1.06 bits per heavy atom. The normalized spacial score (nSPS) is 14.8. The molecule has 0 atom stereocenters. The van der Waals surface area contributed by atoms with E-state index in [2.05, 4.69) is 49.4 Å². The van der Waals surface area contributed by atoms with Gasteiger partial charge >= 0.3 is 5.97 Å². The zero-order chi connectivity index (χ0) is 21.4. The van der Waals surface area contributed by atoms with Gasteiger partial charge in [0.25, 0.3) is 0 Å². The molecular weight excluding hydrogens is 414 g/mol. The quantitative estimate of drug-likeness (QED) is 0.494. The van der Waals surface area contributed by atoms with Crippen LogP contribution in [0.25, 0.3) is 16.2 Å². The molecule has 3 aromatic heterocycles. The molecule has 0 unspecified atom stereocenters. The van der Waals surface area contributed by atoms with E-state index in [1.54, 1.807) is 22.8 Å². The summed E-state index contributed by atoms with van der Waals surface area (Å²) in [5, 5.41) is 16.8. The number of likely N-dealkylation sites (N-methyl/N-ethyl adjacent to an activating group) is 1. The van der Waals surface area contributed by atoms with Crippen LogP contribution in [0.4, 0.5) is 17.2 Å². The Hall–Kier alpha value is -3.50. The van der Waals surface area contributed by atoms with Gasteiger partial charge in [-0.05, 0) is 43.4 Å². The molecule has 4 aromatic rings. The summed E-state index contributed by atoms with van der Waals surface area (Å²) in [5.74, 6) is -0.360. The predicted molar refractivity (Wildman–Crippen MR) is 120 cm³/mol. The first-order chi connectivity index (χ1) is 15.1. The van der Waals surface area contributed by atoms with Crippen molar-refractivity contribution in [2.45, 2.75) is 0 Å². The molecule has 9 nitrogen and oxygen atoms in total. The van der Waals surface area contributed by atoms with Gasteiger partial charge in [0, 0.05) is 37.6 Å². The minimum Gasteiger partial charge on any atom is -0.477 e. The van der Waals surface area contributed by atoms with Crippen LogP contribution >= 0.6 is 11.3 Å². The zero-order valence-corrected chi connectivity index (χ0v) is 17.7. The number of carbonyl (C=O) groups is 1. The van der Waals surface area contributed by atoms with Gasteiger partial charge in [0.1, 0.15) is 16.9 Å². The maximum Gasteiger partial charge on any atom is 0.345 e. The molecule has 2 N–H and O–H groups in total. The SMILES string of the molecule is CN1CCN(c2ccc(Nc3ncc(-c4ccc(C(=O)O)s4)n4ncnc34)cc2)CC1. The molecule has 4 heterocycles. The van der Waals surface area contributed by atoms with Gasteiger partial charge in [0.15, 0.2) is 11.5 Å². The van der Waals surface area contributed by atoms with Crippen LogP contribution in [-0.2, 0) is 0 Å². The third-order valence-corrected chi connectivity index (χ3v) is 6.47. The molecular formula is C21H21N7O2S. The summed E-state index contributed by atoms with van der Waals surface area (Å²) < 4.78 is 1.67. The number of anilines is 3. The third kappa shape index (κ3) is 3.82. The minimum absolute atomic E-state index is 0.269. The molecule has 1 saturated heterocycles. The lowest BCUT2D eigenvalue weighted by Gasteiger charge is -2.34. The summed E-state index contributed by atoms with van der Waals surface area (Å²) in [7, 11) is 2.15. The summed E-state index contributed by atoms with van der Waals surface area (Å²) in [4.78, 5) is 25.8. The van der Waals surface area contributed by atoms with E-state index in [4.69, 9.17) is 0 Å². The number of benzene rings is 1. The topological polar surface area (TPSA) is 98.9 Å². The first-order valence-corrected chi connectivity index (χ1v) is 10.7. The molecule has 10 heteroatoms.